The van der Waals surface area contributed by atoms with Crippen LogP contribution in [0, 0.1) is 0 Å². The summed E-state index contributed by atoms with van der Waals surface area (Å²) in [4.78, 5) is 17.3. The summed E-state index contributed by atoms with van der Waals surface area (Å²) in [5.74, 6) is -0.0551. The summed E-state index contributed by atoms with van der Waals surface area (Å²) >= 11 is 0. The van der Waals surface area contributed by atoms with Crippen LogP contribution < -0.4 is 11.1 Å². The van der Waals surface area contributed by atoms with Gasteiger partial charge in [0.05, 0.1) is 5.56 Å². The molecule has 1 aromatic heterocycles. The summed E-state index contributed by atoms with van der Waals surface area (Å²) < 4.78 is 0. The predicted molar refractivity (Wildman–Crippen MR) is 78.2 cm³/mol. The highest BCUT2D eigenvalue weighted by atomic mass is 16.1. The number of H-pyrrole nitrogens is 1. The third-order valence-corrected chi connectivity index (χ3v) is 3.27. The lowest BCUT2D eigenvalue weighted by molar-refractivity contribution is 0.0952. The molecule has 5 nitrogen and oxygen atoms in total. The van der Waals surface area contributed by atoms with Gasteiger partial charge in [0, 0.05) is 35.9 Å². The predicted octanol–water partition coefficient (Wildman–Crippen LogP) is 1.43. The van der Waals surface area contributed by atoms with Crippen LogP contribution in [0.3, 0.4) is 0 Å². The van der Waals surface area contributed by atoms with Gasteiger partial charge in [0.15, 0.2) is 0 Å². The van der Waals surface area contributed by atoms with Gasteiger partial charge in [-0.2, -0.15) is 0 Å². The number of fused-ring (bicyclic) bond motifs is 1. The van der Waals surface area contributed by atoms with Crippen LogP contribution in [-0.4, -0.2) is 42.5 Å². The molecule has 0 aliphatic heterocycles. The Bertz CT molecular complexity index is 576. The fourth-order valence-electron chi connectivity index (χ4n) is 1.95. The molecule has 2 aromatic rings. The number of carbonyl (C=O) groups excluding carboxylic acids is 1. The molecule has 1 amide bonds. The van der Waals surface area contributed by atoms with Crippen molar-refractivity contribution in [2.24, 2.45) is 0 Å². The summed E-state index contributed by atoms with van der Waals surface area (Å²) in [7, 11) is 2.03. The van der Waals surface area contributed by atoms with Crippen LogP contribution in [0.1, 0.15) is 17.3 Å². The average molecular weight is 260 g/mol. The topological polar surface area (TPSA) is 74.2 Å². The molecule has 0 saturated heterocycles. The van der Waals surface area contributed by atoms with E-state index < -0.39 is 0 Å². The zero-order chi connectivity index (χ0) is 13.8. The second-order valence-corrected chi connectivity index (χ2v) is 4.66. The van der Waals surface area contributed by atoms with Crippen LogP contribution in [-0.2, 0) is 0 Å². The maximum Gasteiger partial charge on any atom is 0.253 e. The van der Waals surface area contributed by atoms with Gasteiger partial charge in [0.2, 0.25) is 0 Å². The summed E-state index contributed by atoms with van der Waals surface area (Å²) in [5.41, 5.74) is 7.94. The molecular formula is C14H20N4O. The molecule has 0 radical (unpaired) electrons. The molecule has 0 saturated carbocycles. The van der Waals surface area contributed by atoms with E-state index in [9.17, 15) is 4.79 Å². The van der Waals surface area contributed by atoms with Crippen molar-refractivity contribution in [2.45, 2.75) is 6.92 Å². The monoisotopic (exact) mass is 260 g/mol. The van der Waals surface area contributed by atoms with E-state index >= 15 is 0 Å². The summed E-state index contributed by atoms with van der Waals surface area (Å²) in [6.45, 7) is 4.55. The van der Waals surface area contributed by atoms with Gasteiger partial charge in [-0.15, -0.1) is 0 Å². The smallest absolute Gasteiger partial charge is 0.253 e. The van der Waals surface area contributed by atoms with Gasteiger partial charge in [-0.1, -0.05) is 6.92 Å². The zero-order valence-electron chi connectivity index (χ0n) is 11.4. The minimum atomic E-state index is -0.0551. The molecule has 0 fully saturated rings. The van der Waals surface area contributed by atoms with Gasteiger partial charge in [0.1, 0.15) is 0 Å². The molecule has 1 heterocycles. The van der Waals surface area contributed by atoms with Crippen LogP contribution in [0.25, 0.3) is 10.9 Å². The molecule has 4 N–H and O–H groups in total. The van der Waals surface area contributed by atoms with Crippen LogP contribution in [0.4, 0.5) is 5.69 Å². The van der Waals surface area contributed by atoms with Crippen LogP contribution >= 0.6 is 0 Å². The van der Waals surface area contributed by atoms with Crippen LogP contribution in [0.5, 0.6) is 0 Å². The molecule has 5 heteroatoms. The molecule has 2 rings (SSSR count). The van der Waals surface area contributed by atoms with Crippen molar-refractivity contribution in [1.29, 1.82) is 0 Å². The lowest BCUT2D eigenvalue weighted by Crippen LogP contribution is -2.32. The second-order valence-electron chi connectivity index (χ2n) is 4.66. The van der Waals surface area contributed by atoms with E-state index in [2.05, 4.69) is 22.1 Å². The normalized spacial score (nSPS) is 11.1. The number of nitrogen functional groups attached to an aromatic ring is 1. The number of aromatic amines is 1. The van der Waals surface area contributed by atoms with E-state index in [4.69, 9.17) is 5.73 Å². The highest BCUT2D eigenvalue weighted by Gasteiger charge is 2.11. The Morgan fingerprint density at radius 2 is 2.26 bits per heavy atom. The number of benzene rings is 1. The van der Waals surface area contributed by atoms with E-state index in [1.165, 1.54) is 0 Å². The van der Waals surface area contributed by atoms with Gasteiger partial charge in [0.25, 0.3) is 5.91 Å². The fourth-order valence-corrected chi connectivity index (χ4v) is 1.95. The Morgan fingerprint density at radius 3 is 3.00 bits per heavy atom. The number of nitrogens with one attached hydrogen (secondary N) is 2. The van der Waals surface area contributed by atoms with E-state index in [-0.39, 0.29) is 5.91 Å². The number of nitrogens with two attached hydrogens (primary N) is 1. The number of anilines is 1. The first-order chi connectivity index (χ1) is 9.11. The maximum absolute atomic E-state index is 12.1. The van der Waals surface area contributed by atoms with Crippen molar-refractivity contribution >= 4 is 22.5 Å². The van der Waals surface area contributed by atoms with Gasteiger partial charge in [-0.25, -0.2) is 0 Å². The quantitative estimate of drug-likeness (QED) is 0.712. The minimum Gasteiger partial charge on any atom is -0.399 e. The third kappa shape index (κ3) is 3.06. The van der Waals surface area contributed by atoms with Crippen LogP contribution in [0.15, 0.2) is 24.4 Å². The zero-order valence-corrected chi connectivity index (χ0v) is 11.4. The lowest BCUT2D eigenvalue weighted by atomic mass is 10.1. The highest BCUT2D eigenvalue weighted by molar-refractivity contribution is 6.07. The highest BCUT2D eigenvalue weighted by Crippen LogP contribution is 2.20. The summed E-state index contributed by atoms with van der Waals surface area (Å²) in [5, 5.41) is 3.82. The third-order valence-electron chi connectivity index (χ3n) is 3.27. The Morgan fingerprint density at radius 1 is 1.47 bits per heavy atom. The molecule has 0 atom stereocenters. The van der Waals surface area contributed by atoms with E-state index in [1.54, 1.807) is 12.3 Å². The molecule has 19 heavy (non-hydrogen) atoms. The average Bonchev–Trinajstić information content (AvgIpc) is 2.81. The van der Waals surface area contributed by atoms with Gasteiger partial charge >= 0.3 is 0 Å². The van der Waals surface area contributed by atoms with Crippen molar-refractivity contribution < 1.29 is 4.79 Å². The minimum absolute atomic E-state index is 0.0551. The van der Waals surface area contributed by atoms with E-state index in [0.29, 0.717) is 17.8 Å². The molecule has 0 unspecified atom stereocenters. The first-order valence-corrected chi connectivity index (χ1v) is 6.45. The van der Waals surface area contributed by atoms with Gasteiger partial charge < -0.3 is 20.9 Å². The Hall–Kier alpha value is -2.01. The molecule has 0 spiro atoms. The van der Waals surface area contributed by atoms with Crippen LogP contribution in [0.2, 0.25) is 0 Å². The van der Waals surface area contributed by atoms with Crippen molar-refractivity contribution in [3.63, 3.8) is 0 Å². The van der Waals surface area contributed by atoms with E-state index in [0.717, 1.165) is 24.0 Å². The number of carbonyl (C=O) groups is 1. The number of likely N-dealkylation sites (N-methyl/N-ethyl adjacent to an activating group) is 1. The number of aromatic nitrogens is 1. The number of amides is 1. The lowest BCUT2D eigenvalue weighted by Gasteiger charge is -2.13. The molecule has 1 aromatic carbocycles. The molecule has 102 valence electrons. The Labute approximate surface area is 112 Å². The summed E-state index contributed by atoms with van der Waals surface area (Å²) in [6, 6.07) is 5.50. The second kappa shape index (κ2) is 5.75. The molecular weight excluding hydrogens is 240 g/mol. The maximum atomic E-state index is 12.1. The number of hydrogen-bond acceptors (Lipinski definition) is 3. The van der Waals surface area contributed by atoms with E-state index in [1.807, 2.05) is 19.2 Å². The first-order valence-electron chi connectivity index (χ1n) is 6.45. The first kappa shape index (κ1) is 13.4. The van der Waals surface area contributed by atoms with Crippen molar-refractivity contribution in [2.75, 3.05) is 32.4 Å². The molecule has 0 aliphatic carbocycles. The van der Waals surface area contributed by atoms with Gasteiger partial charge in [-0.05, 0) is 31.8 Å². The van der Waals surface area contributed by atoms with Crippen molar-refractivity contribution in [1.82, 2.24) is 15.2 Å². The largest absolute Gasteiger partial charge is 0.399 e. The fraction of sp³-hybridized carbons (Fsp3) is 0.357. The number of hydrogen-bond donors (Lipinski definition) is 3. The standard InChI is InChI=1S/C14H20N4O/c1-3-18(2)7-6-16-14(19)12-9-17-13-8-10(15)4-5-11(12)13/h4-5,8-9,17H,3,6-7,15H2,1-2H3,(H,16,19). The Balaban J connectivity index is 2.05. The molecule has 0 bridgehead atoms. The van der Waals surface area contributed by atoms with Crippen molar-refractivity contribution in [3.05, 3.63) is 30.0 Å². The van der Waals surface area contributed by atoms with Crippen molar-refractivity contribution in [3.8, 4) is 0 Å². The SMILES string of the molecule is CCN(C)CCNC(=O)c1c[nH]c2cc(N)ccc12. The molecule has 0 aliphatic rings. The Kier molecular flexibility index (Phi) is 4.06. The summed E-state index contributed by atoms with van der Waals surface area (Å²) in [6.07, 6.45) is 1.73. The number of nitrogens with zero attached hydrogens (tertiary/aromatic N) is 1. The number of rotatable bonds is 5. The van der Waals surface area contributed by atoms with Gasteiger partial charge in [-0.3, -0.25) is 4.79 Å².